The van der Waals surface area contributed by atoms with Crippen LogP contribution in [0.15, 0.2) is 29.4 Å². The number of anilines is 1. The first-order chi connectivity index (χ1) is 16.8. The number of amides is 1. The van der Waals surface area contributed by atoms with Gasteiger partial charge in [0.1, 0.15) is 0 Å². The number of likely N-dealkylation sites (tertiary alicyclic amines) is 1. The quantitative estimate of drug-likeness (QED) is 0.596. The standard InChI is InChI=1S/C25H38N6O3S/c1-4-30-19-22(24(32)26-11-14-28-12-6-5-7-13-28)25(27-30)35(33,34)31-17-15-29(16-18-31)23-10-8-9-20(2)21(23)3/h8-10,19H,4-7,11-18H2,1-3H3,(H,26,32). The number of carbonyl (C=O) groups excluding carboxylic acids is 1. The number of hydrogen-bond acceptors (Lipinski definition) is 6. The number of aromatic nitrogens is 2. The smallest absolute Gasteiger partial charge is 0.263 e. The van der Waals surface area contributed by atoms with Crippen LogP contribution in [0.2, 0.25) is 0 Å². The zero-order chi connectivity index (χ0) is 25.0. The summed E-state index contributed by atoms with van der Waals surface area (Å²) in [5.41, 5.74) is 3.71. The van der Waals surface area contributed by atoms with Gasteiger partial charge in [-0.1, -0.05) is 18.6 Å². The Morgan fingerprint density at radius 3 is 2.43 bits per heavy atom. The van der Waals surface area contributed by atoms with E-state index in [1.54, 1.807) is 6.20 Å². The SMILES string of the molecule is CCn1cc(C(=O)NCCN2CCCCC2)c(S(=O)(=O)N2CCN(c3cccc(C)c3C)CC2)n1. The summed E-state index contributed by atoms with van der Waals surface area (Å²) >= 11 is 0. The van der Waals surface area contributed by atoms with Gasteiger partial charge < -0.3 is 15.1 Å². The maximum Gasteiger partial charge on any atom is 0.263 e. The van der Waals surface area contributed by atoms with E-state index in [2.05, 4.69) is 46.2 Å². The molecule has 0 saturated carbocycles. The normalized spacial score (nSPS) is 18.1. The molecule has 3 heterocycles. The Labute approximate surface area is 209 Å². The van der Waals surface area contributed by atoms with Gasteiger partial charge in [-0.05, 0) is 63.9 Å². The lowest BCUT2D eigenvalue weighted by molar-refractivity contribution is 0.0943. The van der Waals surface area contributed by atoms with Crippen LogP contribution in [0.5, 0.6) is 0 Å². The highest BCUT2D eigenvalue weighted by Crippen LogP contribution is 2.26. The van der Waals surface area contributed by atoms with Gasteiger partial charge in [0.05, 0.1) is 5.56 Å². The molecule has 4 rings (SSSR count). The number of nitrogens with one attached hydrogen (secondary N) is 1. The average Bonchev–Trinajstić information content (AvgIpc) is 3.32. The number of aryl methyl sites for hydroxylation is 2. The highest BCUT2D eigenvalue weighted by atomic mass is 32.2. The predicted octanol–water partition coefficient (Wildman–Crippen LogP) is 2.25. The van der Waals surface area contributed by atoms with Crippen molar-refractivity contribution in [3.63, 3.8) is 0 Å². The molecule has 2 aliphatic heterocycles. The molecule has 0 unspecified atom stereocenters. The molecule has 2 aliphatic rings. The van der Waals surface area contributed by atoms with E-state index in [-0.39, 0.29) is 16.5 Å². The maximum atomic E-state index is 13.6. The Morgan fingerprint density at radius 2 is 1.74 bits per heavy atom. The Kier molecular flexibility index (Phi) is 8.13. The van der Waals surface area contributed by atoms with E-state index in [9.17, 15) is 13.2 Å². The van der Waals surface area contributed by atoms with E-state index in [4.69, 9.17) is 0 Å². The first kappa shape index (κ1) is 25.7. The van der Waals surface area contributed by atoms with Crippen LogP contribution in [0.4, 0.5) is 5.69 Å². The Bertz CT molecular complexity index is 1130. The summed E-state index contributed by atoms with van der Waals surface area (Å²) in [5, 5.41) is 7.07. The minimum absolute atomic E-state index is 0.127. The average molecular weight is 503 g/mol. The third kappa shape index (κ3) is 5.70. The maximum absolute atomic E-state index is 13.6. The molecule has 0 bridgehead atoms. The number of benzene rings is 1. The number of sulfonamides is 1. The molecule has 0 spiro atoms. The summed E-state index contributed by atoms with van der Waals surface area (Å²) in [6.07, 6.45) is 5.20. The van der Waals surface area contributed by atoms with E-state index >= 15 is 0 Å². The zero-order valence-electron chi connectivity index (χ0n) is 21.2. The number of rotatable bonds is 8. The van der Waals surface area contributed by atoms with Crippen molar-refractivity contribution in [2.75, 3.05) is 57.3 Å². The monoisotopic (exact) mass is 502 g/mol. The highest BCUT2D eigenvalue weighted by Gasteiger charge is 2.35. The van der Waals surface area contributed by atoms with E-state index in [0.29, 0.717) is 39.3 Å². The van der Waals surface area contributed by atoms with Gasteiger partial charge in [-0.25, -0.2) is 8.42 Å². The van der Waals surface area contributed by atoms with Gasteiger partial charge in [0, 0.05) is 57.7 Å². The van der Waals surface area contributed by atoms with Crippen LogP contribution in [-0.2, 0) is 16.6 Å². The molecular weight excluding hydrogens is 464 g/mol. The number of piperazine rings is 1. The Hall–Kier alpha value is -2.43. The molecule has 1 aromatic heterocycles. The largest absolute Gasteiger partial charge is 0.369 e. The van der Waals surface area contributed by atoms with Crippen LogP contribution in [0.25, 0.3) is 0 Å². The van der Waals surface area contributed by atoms with Gasteiger partial charge in [-0.15, -0.1) is 0 Å². The molecule has 0 aliphatic carbocycles. The second-order valence-corrected chi connectivity index (χ2v) is 11.3. The van der Waals surface area contributed by atoms with Crippen LogP contribution in [0.3, 0.4) is 0 Å². The van der Waals surface area contributed by atoms with E-state index in [1.807, 2.05) is 13.0 Å². The van der Waals surface area contributed by atoms with Crippen molar-refractivity contribution in [1.82, 2.24) is 24.3 Å². The molecule has 1 N–H and O–H groups in total. The third-order valence-electron chi connectivity index (χ3n) is 7.20. The molecule has 2 aromatic rings. The summed E-state index contributed by atoms with van der Waals surface area (Å²) in [6, 6.07) is 6.21. The number of carbonyl (C=O) groups is 1. The minimum Gasteiger partial charge on any atom is -0.369 e. The summed E-state index contributed by atoms with van der Waals surface area (Å²) in [7, 11) is -3.89. The van der Waals surface area contributed by atoms with Crippen LogP contribution >= 0.6 is 0 Å². The van der Waals surface area contributed by atoms with Crippen LogP contribution in [-0.4, -0.2) is 85.7 Å². The van der Waals surface area contributed by atoms with Gasteiger partial charge >= 0.3 is 0 Å². The van der Waals surface area contributed by atoms with Crippen molar-refractivity contribution in [2.24, 2.45) is 0 Å². The van der Waals surface area contributed by atoms with E-state index in [1.165, 1.54) is 39.4 Å². The van der Waals surface area contributed by atoms with Gasteiger partial charge in [-0.2, -0.15) is 9.40 Å². The summed E-state index contributed by atoms with van der Waals surface area (Å²) in [5.74, 6) is -0.380. The van der Waals surface area contributed by atoms with Crippen molar-refractivity contribution < 1.29 is 13.2 Å². The summed E-state index contributed by atoms with van der Waals surface area (Å²) < 4.78 is 30.1. The van der Waals surface area contributed by atoms with Crippen LogP contribution in [0, 0.1) is 13.8 Å². The summed E-state index contributed by atoms with van der Waals surface area (Å²) in [4.78, 5) is 17.6. The van der Waals surface area contributed by atoms with Gasteiger partial charge in [0.25, 0.3) is 15.9 Å². The number of hydrogen-bond donors (Lipinski definition) is 1. The molecule has 192 valence electrons. The molecule has 1 amide bonds. The first-order valence-electron chi connectivity index (χ1n) is 12.7. The molecular formula is C25H38N6O3S. The second kappa shape index (κ2) is 11.1. The lowest BCUT2D eigenvalue weighted by Crippen LogP contribution is -2.49. The van der Waals surface area contributed by atoms with Gasteiger partial charge in [0.15, 0.2) is 0 Å². The minimum atomic E-state index is -3.89. The fourth-order valence-electron chi connectivity index (χ4n) is 4.89. The zero-order valence-corrected chi connectivity index (χ0v) is 22.0. The van der Waals surface area contributed by atoms with E-state index < -0.39 is 10.0 Å². The molecule has 10 heteroatoms. The second-order valence-electron chi connectivity index (χ2n) is 9.47. The molecule has 2 saturated heterocycles. The molecule has 0 radical (unpaired) electrons. The molecule has 9 nitrogen and oxygen atoms in total. The van der Waals surface area contributed by atoms with Crippen LogP contribution < -0.4 is 10.2 Å². The third-order valence-corrected chi connectivity index (χ3v) is 9.03. The van der Waals surface area contributed by atoms with Crippen molar-refractivity contribution >= 4 is 21.6 Å². The Morgan fingerprint density at radius 1 is 1.03 bits per heavy atom. The Balaban J connectivity index is 1.44. The topological polar surface area (TPSA) is 90.8 Å². The number of nitrogens with zero attached hydrogens (tertiary/aromatic N) is 5. The molecule has 0 atom stereocenters. The van der Waals surface area contributed by atoms with Gasteiger partial charge in [0.2, 0.25) is 5.03 Å². The first-order valence-corrected chi connectivity index (χ1v) is 14.1. The predicted molar refractivity (Wildman–Crippen MR) is 137 cm³/mol. The van der Waals surface area contributed by atoms with Gasteiger partial charge in [-0.3, -0.25) is 9.48 Å². The lowest BCUT2D eigenvalue weighted by Gasteiger charge is -2.36. The number of piperidine rings is 1. The molecule has 2 fully saturated rings. The lowest BCUT2D eigenvalue weighted by atomic mass is 10.1. The van der Waals surface area contributed by atoms with Crippen molar-refractivity contribution in [1.29, 1.82) is 0 Å². The molecule has 1 aromatic carbocycles. The summed E-state index contributed by atoms with van der Waals surface area (Å²) in [6.45, 7) is 11.8. The fourth-order valence-corrected chi connectivity index (χ4v) is 6.41. The van der Waals surface area contributed by atoms with Crippen molar-refractivity contribution in [3.05, 3.63) is 41.1 Å². The van der Waals surface area contributed by atoms with Crippen LogP contribution in [0.1, 0.15) is 47.7 Å². The molecule has 35 heavy (non-hydrogen) atoms. The van der Waals surface area contributed by atoms with Crippen molar-refractivity contribution in [2.45, 2.75) is 51.6 Å². The highest BCUT2D eigenvalue weighted by molar-refractivity contribution is 7.89. The fraction of sp³-hybridized carbons (Fsp3) is 0.600. The van der Waals surface area contributed by atoms with Crippen molar-refractivity contribution in [3.8, 4) is 0 Å². The van der Waals surface area contributed by atoms with E-state index in [0.717, 1.165) is 25.3 Å².